The van der Waals surface area contributed by atoms with Crippen LogP contribution in [0.2, 0.25) is 0 Å². The Morgan fingerprint density at radius 3 is 3.00 bits per heavy atom. The molecule has 0 radical (unpaired) electrons. The molecule has 0 fully saturated rings. The van der Waals surface area contributed by atoms with E-state index in [0.29, 0.717) is 10.9 Å². The molecule has 4 nitrogen and oxygen atoms in total. The van der Waals surface area contributed by atoms with E-state index in [4.69, 9.17) is 10.2 Å². The zero-order chi connectivity index (χ0) is 9.97. The maximum atomic E-state index is 5.61. The summed E-state index contributed by atoms with van der Waals surface area (Å²) in [4.78, 5) is 8.28. The normalized spacial score (nSPS) is 10.4. The van der Waals surface area contributed by atoms with Gasteiger partial charge in [-0.2, -0.15) is 0 Å². The fraction of sp³-hybridized carbons (Fsp3) is 0.111. The van der Waals surface area contributed by atoms with Gasteiger partial charge in [-0.15, -0.1) is 0 Å². The average Bonchev–Trinajstić information content (AvgIpc) is 2.51. The summed E-state index contributed by atoms with van der Waals surface area (Å²) in [7, 11) is 0. The second-order valence-electron chi connectivity index (χ2n) is 2.78. The summed E-state index contributed by atoms with van der Waals surface area (Å²) in [5.74, 6) is 0. The first-order valence-electron chi connectivity index (χ1n) is 4.05. The lowest BCUT2D eigenvalue weighted by molar-refractivity contribution is 0.454. The molecule has 0 unspecified atom stereocenters. The lowest BCUT2D eigenvalue weighted by atomic mass is 10.4. The van der Waals surface area contributed by atoms with Crippen LogP contribution < -0.4 is 5.73 Å². The van der Waals surface area contributed by atoms with Gasteiger partial charge in [0.25, 0.3) is 5.22 Å². The Hall–Kier alpha value is -1.49. The van der Waals surface area contributed by atoms with E-state index in [1.807, 2.05) is 6.92 Å². The van der Waals surface area contributed by atoms with Crippen molar-refractivity contribution in [1.29, 1.82) is 0 Å². The minimum atomic E-state index is 0.584. The van der Waals surface area contributed by atoms with E-state index in [1.54, 1.807) is 24.6 Å². The van der Waals surface area contributed by atoms with Crippen LogP contribution in [0.5, 0.6) is 0 Å². The van der Waals surface area contributed by atoms with Crippen LogP contribution in [0.1, 0.15) is 5.69 Å². The predicted molar refractivity (Wildman–Crippen MR) is 54.0 cm³/mol. The molecule has 0 atom stereocenters. The van der Waals surface area contributed by atoms with Crippen molar-refractivity contribution in [2.24, 2.45) is 0 Å². The van der Waals surface area contributed by atoms with Crippen LogP contribution in [0.25, 0.3) is 0 Å². The maximum Gasteiger partial charge on any atom is 0.262 e. The number of nitrogen functional groups attached to an aromatic ring is 1. The molecule has 0 aromatic carbocycles. The molecule has 0 saturated heterocycles. The van der Waals surface area contributed by atoms with Gasteiger partial charge in [0.2, 0.25) is 0 Å². The smallest absolute Gasteiger partial charge is 0.262 e. The molecule has 0 bridgehead atoms. The van der Waals surface area contributed by atoms with Crippen molar-refractivity contribution in [3.05, 3.63) is 30.3 Å². The first-order chi connectivity index (χ1) is 6.74. The van der Waals surface area contributed by atoms with Crippen molar-refractivity contribution < 1.29 is 4.42 Å². The van der Waals surface area contributed by atoms with Crippen LogP contribution in [0.3, 0.4) is 0 Å². The molecule has 0 aliphatic heterocycles. The molecule has 0 amide bonds. The Kier molecular flexibility index (Phi) is 2.41. The number of rotatable bonds is 2. The van der Waals surface area contributed by atoms with E-state index < -0.39 is 0 Å². The first kappa shape index (κ1) is 9.08. The van der Waals surface area contributed by atoms with Gasteiger partial charge in [0, 0.05) is 11.9 Å². The summed E-state index contributed by atoms with van der Waals surface area (Å²) < 4.78 is 5.18. The van der Waals surface area contributed by atoms with Crippen molar-refractivity contribution in [1.82, 2.24) is 9.97 Å². The SMILES string of the molecule is Cc1coc(Sc2cc(N)ccn2)n1. The topological polar surface area (TPSA) is 64.9 Å². The molecule has 0 spiro atoms. The molecule has 0 saturated carbocycles. The lowest BCUT2D eigenvalue weighted by Gasteiger charge is -1.96. The summed E-state index contributed by atoms with van der Waals surface area (Å²) in [6.45, 7) is 1.88. The van der Waals surface area contributed by atoms with E-state index in [2.05, 4.69) is 9.97 Å². The van der Waals surface area contributed by atoms with Gasteiger partial charge in [0.1, 0.15) is 11.3 Å². The van der Waals surface area contributed by atoms with Gasteiger partial charge in [-0.1, -0.05) is 0 Å². The molecule has 72 valence electrons. The van der Waals surface area contributed by atoms with Gasteiger partial charge >= 0.3 is 0 Å². The van der Waals surface area contributed by atoms with Crippen molar-refractivity contribution >= 4 is 17.4 Å². The number of aryl methyl sites for hydroxylation is 1. The number of aromatic nitrogens is 2. The third kappa shape index (κ3) is 2.05. The maximum absolute atomic E-state index is 5.61. The Labute approximate surface area is 85.6 Å². The summed E-state index contributed by atoms with van der Waals surface area (Å²) >= 11 is 1.35. The largest absolute Gasteiger partial charge is 0.439 e. The zero-order valence-corrected chi connectivity index (χ0v) is 8.41. The van der Waals surface area contributed by atoms with Crippen LogP contribution >= 0.6 is 11.8 Å². The summed E-state index contributed by atoms with van der Waals surface area (Å²) in [6, 6.07) is 3.52. The van der Waals surface area contributed by atoms with Crippen molar-refractivity contribution in [3.8, 4) is 0 Å². The molecular weight excluding hydrogens is 198 g/mol. The van der Waals surface area contributed by atoms with E-state index in [0.717, 1.165) is 10.7 Å². The van der Waals surface area contributed by atoms with Gasteiger partial charge in [0.05, 0.1) is 5.69 Å². The second-order valence-corrected chi connectivity index (χ2v) is 3.76. The van der Waals surface area contributed by atoms with E-state index in [9.17, 15) is 0 Å². The summed E-state index contributed by atoms with van der Waals surface area (Å²) in [5.41, 5.74) is 7.16. The number of nitrogens with zero attached hydrogens (tertiary/aromatic N) is 2. The first-order valence-corrected chi connectivity index (χ1v) is 4.87. The monoisotopic (exact) mass is 207 g/mol. The number of oxazole rings is 1. The molecule has 5 heteroatoms. The van der Waals surface area contributed by atoms with E-state index in [1.165, 1.54) is 11.8 Å². The quantitative estimate of drug-likeness (QED) is 0.817. The highest BCUT2D eigenvalue weighted by Gasteiger charge is 2.04. The van der Waals surface area contributed by atoms with Gasteiger partial charge in [-0.3, -0.25) is 0 Å². The third-order valence-electron chi connectivity index (χ3n) is 1.55. The van der Waals surface area contributed by atoms with Crippen molar-refractivity contribution in [2.75, 3.05) is 5.73 Å². The number of hydrogen-bond donors (Lipinski definition) is 1. The van der Waals surface area contributed by atoms with Crippen LogP contribution in [0.4, 0.5) is 5.69 Å². The highest BCUT2D eigenvalue weighted by atomic mass is 32.2. The van der Waals surface area contributed by atoms with Crippen LogP contribution in [0.15, 0.2) is 39.3 Å². The van der Waals surface area contributed by atoms with Crippen LogP contribution in [-0.2, 0) is 0 Å². The number of nitrogens with two attached hydrogens (primary N) is 1. The predicted octanol–water partition coefficient (Wildman–Crippen LogP) is 2.11. The molecule has 2 aromatic heterocycles. The van der Waals surface area contributed by atoms with Gasteiger partial charge in [-0.25, -0.2) is 9.97 Å². The second kappa shape index (κ2) is 3.71. The third-order valence-corrected chi connectivity index (χ3v) is 2.34. The summed E-state index contributed by atoms with van der Waals surface area (Å²) in [6.07, 6.45) is 3.27. The fourth-order valence-corrected chi connectivity index (χ4v) is 1.72. The van der Waals surface area contributed by atoms with E-state index in [-0.39, 0.29) is 0 Å². The molecule has 0 aliphatic carbocycles. The highest BCUT2D eigenvalue weighted by Crippen LogP contribution is 2.25. The average molecular weight is 207 g/mol. The van der Waals surface area contributed by atoms with Crippen LogP contribution in [0, 0.1) is 6.92 Å². The van der Waals surface area contributed by atoms with E-state index >= 15 is 0 Å². The van der Waals surface area contributed by atoms with Crippen molar-refractivity contribution in [3.63, 3.8) is 0 Å². The molecule has 14 heavy (non-hydrogen) atoms. The van der Waals surface area contributed by atoms with Gasteiger partial charge in [-0.05, 0) is 30.8 Å². The van der Waals surface area contributed by atoms with Gasteiger partial charge in [0.15, 0.2) is 0 Å². The molecule has 2 aromatic rings. The lowest BCUT2D eigenvalue weighted by Crippen LogP contribution is -1.86. The van der Waals surface area contributed by atoms with Crippen LogP contribution in [-0.4, -0.2) is 9.97 Å². The molecule has 0 aliphatic rings. The number of hydrogen-bond acceptors (Lipinski definition) is 5. The Balaban J connectivity index is 2.18. The molecule has 2 N–H and O–H groups in total. The Morgan fingerprint density at radius 1 is 1.50 bits per heavy atom. The highest BCUT2D eigenvalue weighted by molar-refractivity contribution is 7.99. The molecular formula is C9H9N3OS. The standard InChI is InChI=1S/C9H9N3OS/c1-6-5-13-9(12-6)14-8-4-7(10)2-3-11-8/h2-5H,1H3,(H2,10,11). The minimum Gasteiger partial charge on any atom is -0.439 e. The number of anilines is 1. The Morgan fingerprint density at radius 2 is 2.36 bits per heavy atom. The minimum absolute atomic E-state index is 0.584. The molecule has 2 rings (SSSR count). The molecule has 2 heterocycles. The zero-order valence-electron chi connectivity index (χ0n) is 7.60. The summed E-state index contributed by atoms with van der Waals surface area (Å²) in [5, 5.41) is 1.37. The van der Waals surface area contributed by atoms with Crippen molar-refractivity contribution in [2.45, 2.75) is 17.2 Å². The van der Waals surface area contributed by atoms with Gasteiger partial charge < -0.3 is 10.2 Å². The Bertz CT molecular complexity index is 441. The number of pyridine rings is 1. The fourth-order valence-electron chi connectivity index (χ4n) is 0.949.